The Morgan fingerprint density at radius 1 is 0.407 bits per heavy atom. The molecule has 11 heteroatoms. The summed E-state index contributed by atoms with van der Waals surface area (Å²) in [6, 6.07) is 54.8. The third-order valence-electron chi connectivity index (χ3n) is 12.6. The van der Waals surface area contributed by atoms with Crippen molar-refractivity contribution in [1.82, 2.24) is 8.80 Å². The third-order valence-corrected chi connectivity index (χ3v) is 26.1. The van der Waals surface area contributed by atoms with E-state index in [9.17, 15) is 0 Å². The van der Waals surface area contributed by atoms with Crippen molar-refractivity contribution in [3.63, 3.8) is 0 Å². The second-order valence-corrected chi connectivity index (χ2v) is 28.5. The lowest BCUT2D eigenvalue weighted by atomic mass is 9.84. The molecule has 5 unspecified atom stereocenters. The average Bonchev–Trinajstić information content (AvgIpc) is 3.29. The molecule has 1 saturated carbocycles. The fraction of sp³-hybridized carbons (Fsp3) is 0.125. The lowest BCUT2D eigenvalue weighted by molar-refractivity contribution is 0.445. The zero-order valence-electron chi connectivity index (χ0n) is 31.7. The fourth-order valence-electron chi connectivity index (χ4n) is 9.95. The van der Waals surface area contributed by atoms with Gasteiger partial charge in [-0.15, -0.1) is 0 Å². The summed E-state index contributed by atoms with van der Waals surface area (Å²) in [5, 5.41) is 14.2. The quantitative estimate of drug-likeness (QED) is 0.0987. The van der Waals surface area contributed by atoms with Crippen LogP contribution in [-0.2, 0) is 0 Å². The summed E-state index contributed by atoms with van der Waals surface area (Å²) in [6.07, 6.45) is 2.41. The van der Waals surface area contributed by atoms with Crippen LogP contribution in [0.15, 0.2) is 146 Å². The Hall–Kier alpha value is -3.35. The molecule has 7 aromatic carbocycles. The van der Waals surface area contributed by atoms with E-state index in [4.69, 9.17) is 47.2 Å². The molecule has 12 rings (SSSR count). The second-order valence-electron chi connectivity index (χ2n) is 15.7. The molecule has 0 radical (unpaired) electrons. The first kappa shape index (κ1) is 37.4. The van der Waals surface area contributed by atoms with Crippen LogP contribution in [0.3, 0.4) is 0 Å². The maximum atomic E-state index is 6.65. The molecule has 2 nitrogen and oxygen atoms in total. The minimum Gasteiger partial charge on any atom is -0.294 e. The molecule has 1 fully saturated rings. The molecule has 59 heavy (non-hydrogen) atoms. The number of rotatable bonds is 4. The van der Waals surface area contributed by atoms with Crippen LogP contribution in [-0.4, -0.2) is 8.80 Å². The molecule has 1 aliphatic rings. The van der Waals surface area contributed by atoms with E-state index in [-0.39, 0.29) is 0 Å². The van der Waals surface area contributed by atoms with Crippen molar-refractivity contribution in [2.45, 2.75) is 38.0 Å². The summed E-state index contributed by atoms with van der Waals surface area (Å²) in [7, 11) is -1.04. The smallest absolute Gasteiger partial charge is 0.255 e. The van der Waals surface area contributed by atoms with Gasteiger partial charge in [-0.05, 0) is 115 Å². The molecule has 0 amide bonds. The van der Waals surface area contributed by atoms with E-state index in [1.807, 2.05) is 0 Å². The zero-order chi connectivity index (χ0) is 39.5. The Bertz CT molecular complexity index is 3730. The number of aromatic nitrogens is 2. The van der Waals surface area contributed by atoms with Gasteiger partial charge in [0.15, 0.2) is 99.2 Å². The van der Waals surface area contributed by atoms with Crippen molar-refractivity contribution in [3.05, 3.63) is 151 Å². The van der Waals surface area contributed by atoms with Gasteiger partial charge in [0.05, 0.1) is 22.1 Å². The van der Waals surface area contributed by atoms with Crippen molar-refractivity contribution in [3.8, 4) is 0 Å². The van der Waals surface area contributed by atoms with E-state index >= 15 is 0 Å². The highest BCUT2D eigenvalue weighted by Crippen LogP contribution is 2.52. The van der Waals surface area contributed by atoms with Crippen molar-refractivity contribution in [2.24, 2.45) is 0 Å². The highest BCUT2D eigenvalue weighted by atomic mass is 32.4. The number of hydrogen-bond acceptors (Lipinski definition) is 4. The Kier molecular flexibility index (Phi) is 9.29. The van der Waals surface area contributed by atoms with Crippen molar-refractivity contribution >= 4 is 170 Å². The van der Waals surface area contributed by atoms with Crippen LogP contribution in [0, 0.1) is 0 Å². The van der Waals surface area contributed by atoms with E-state index in [0.29, 0.717) is 5.92 Å². The minimum absolute atomic E-state index is 0.551. The first-order chi connectivity index (χ1) is 29.0. The number of benzene rings is 7. The molecule has 0 spiro atoms. The second kappa shape index (κ2) is 14.6. The third kappa shape index (κ3) is 5.66. The van der Waals surface area contributed by atoms with Crippen molar-refractivity contribution < 1.29 is 0 Å². The molecule has 5 atom stereocenters. The molecule has 0 N–H and O–H groups in total. The molecule has 4 heterocycles. The van der Waals surface area contributed by atoms with Gasteiger partial charge in [-0.2, -0.15) is 0 Å². The molecule has 0 saturated heterocycles. The summed E-state index contributed by atoms with van der Waals surface area (Å²) in [5.41, 5.74) is 8.78. The molecule has 1 aliphatic carbocycles. The predicted molar refractivity (Wildman–Crippen MR) is 278 cm³/mol. The first-order valence-corrected chi connectivity index (χ1v) is 30.8. The number of fused-ring (bicyclic) bond motifs is 8. The summed E-state index contributed by atoms with van der Waals surface area (Å²) in [5.74, 6) is 0.551. The molecule has 282 valence electrons. The fourth-order valence-corrected chi connectivity index (χ4v) is 22.5. The van der Waals surface area contributed by atoms with Crippen LogP contribution < -0.4 is 15.9 Å². The van der Waals surface area contributed by atoms with E-state index in [2.05, 4.69) is 154 Å². The predicted octanol–water partition coefficient (Wildman–Crippen LogP) is 17.8. The Labute approximate surface area is 365 Å². The van der Waals surface area contributed by atoms with Gasteiger partial charge in [0.1, 0.15) is 0 Å². The molecular formula is C48H35N2P5S4+4. The summed E-state index contributed by atoms with van der Waals surface area (Å²) >= 11 is 26.2. The van der Waals surface area contributed by atoms with E-state index in [1.54, 1.807) is 0 Å². The molecular weight excluding hydrogens is 888 g/mol. The first-order valence-electron chi connectivity index (χ1n) is 20.1. The summed E-state index contributed by atoms with van der Waals surface area (Å²) in [6.45, 7) is 0. The van der Waals surface area contributed by atoms with Crippen molar-refractivity contribution in [2.75, 3.05) is 0 Å². The van der Waals surface area contributed by atoms with Crippen LogP contribution in [0.5, 0.6) is 0 Å². The maximum Gasteiger partial charge on any atom is 0.255 e. The zero-order valence-corrected chi connectivity index (χ0v) is 39.5. The monoisotopic (exact) mass is 922 g/mol. The highest BCUT2D eigenvalue weighted by Gasteiger charge is 2.32. The highest BCUT2D eigenvalue weighted by molar-refractivity contribution is 8.18. The number of hydrogen-bond donors (Lipinski definition) is 0. The normalized spacial score (nSPS) is 15.8. The van der Waals surface area contributed by atoms with Gasteiger partial charge >= 0.3 is 0 Å². The average molecular weight is 923 g/mol. The van der Waals surface area contributed by atoms with Gasteiger partial charge in [-0.1, -0.05) is 86.0 Å². The summed E-state index contributed by atoms with van der Waals surface area (Å²) in [4.78, 5) is 0. The van der Waals surface area contributed by atoms with Gasteiger partial charge in [0, 0.05) is 12.1 Å². The lowest BCUT2D eigenvalue weighted by Gasteiger charge is -2.28. The van der Waals surface area contributed by atoms with Gasteiger partial charge in [-0.3, -0.25) is 8.80 Å². The topological polar surface area (TPSA) is 8.82 Å². The van der Waals surface area contributed by atoms with Crippen LogP contribution in [0.25, 0.3) is 74.0 Å². The van der Waals surface area contributed by atoms with E-state index in [1.165, 1.54) is 128 Å². The molecule has 11 aromatic rings. The maximum absolute atomic E-state index is 6.65. The van der Waals surface area contributed by atoms with Crippen LogP contribution >= 0.6 is 80.4 Å². The van der Waals surface area contributed by atoms with Crippen LogP contribution in [0.1, 0.15) is 43.6 Å². The molecule has 0 aliphatic heterocycles. The van der Waals surface area contributed by atoms with E-state index in [0.717, 1.165) is 0 Å². The molecule has 0 bridgehead atoms. The van der Waals surface area contributed by atoms with Gasteiger partial charge < -0.3 is 0 Å². The SMILES string of the molecule is S=[p+]1c2ccccc2n2c3cc(P(c4cc5c6c(c4)[p+](=S)c4ccccc4n6c4ccccc4[p+]5=S)c4ccccc4C4CCCCC4)ccc3[p+](=S)c3cccc1c32. The van der Waals surface area contributed by atoms with Crippen LogP contribution in [0.2, 0.25) is 0 Å². The van der Waals surface area contributed by atoms with Gasteiger partial charge in [0.2, 0.25) is 0 Å². The number of nitrogens with zero attached hydrogens (tertiary/aromatic N) is 2. The Morgan fingerprint density at radius 2 is 0.864 bits per heavy atom. The largest absolute Gasteiger partial charge is 0.294 e. The Morgan fingerprint density at radius 3 is 1.46 bits per heavy atom. The lowest BCUT2D eigenvalue weighted by Crippen LogP contribution is -2.25. The van der Waals surface area contributed by atoms with Crippen LogP contribution in [0.4, 0.5) is 0 Å². The standard InChI is InChI=1S/C48H35N2P5S4/c56-52-39-20-9-7-18-36(39)50-37-27-31(25-26-42(37)53(57)44-24-12-23-43(52)47(44)50)51(38-19-8-4-15-33(38)30-13-2-1-3-14-30)32-28-45-48-46(29-32)55(59)41-22-11-6-17-35(41)49(48)34-16-5-10-21-40(34)54(45)58/h4-12,15-30H,1-3,13-14H2/q+4. The summed E-state index contributed by atoms with van der Waals surface area (Å²) < 4.78 is 5.00. The molecule has 4 aromatic heterocycles. The number of para-hydroxylation sites is 4. The van der Waals surface area contributed by atoms with Crippen molar-refractivity contribution in [1.29, 1.82) is 0 Å². The van der Waals surface area contributed by atoms with Gasteiger partial charge in [-0.25, -0.2) is 0 Å². The van der Waals surface area contributed by atoms with E-state index < -0.39 is 33.2 Å². The minimum atomic E-state index is -1.04. The Balaban J connectivity index is 1.24. The van der Waals surface area contributed by atoms with Gasteiger partial charge in [0.25, 0.3) is 25.2 Å².